The molecule has 5 heteroatoms. The molecule has 0 aromatic heterocycles. The van der Waals surface area contributed by atoms with Crippen molar-refractivity contribution >= 4 is 11.9 Å². The van der Waals surface area contributed by atoms with Crippen LogP contribution >= 0.6 is 0 Å². The van der Waals surface area contributed by atoms with Gasteiger partial charge in [-0.3, -0.25) is 0 Å². The summed E-state index contributed by atoms with van der Waals surface area (Å²) in [5, 5.41) is 20.2. The van der Waals surface area contributed by atoms with Crippen molar-refractivity contribution < 1.29 is 49.4 Å². The van der Waals surface area contributed by atoms with Crippen molar-refractivity contribution in [3.8, 4) is 11.1 Å². The van der Waals surface area contributed by atoms with E-state index in [9.17, 15) is 14.7 Å². The molecular weight excluding hydrogens is 255 g/mol. The van der Waals surface area contributed by atoms with E-state index in [4.69, 9.17) is 5.11 Å². The largest absolute Gasteiger partial charge is 1.00 e. The van der Waals surface area contributed by atoms with Gasteiger partial charge in [0.1, 0.15) is 0 Å². The van der Waals surface area contributed by atoms with Crippen LogP contribution in [0.2, 0.25) is 0 Å². The Morgan fingerprint density at radius 3 is 2.00 bits per heavy atom. The zero-order valence-corrected chi connectivity index (χ0v) is 12.3. The summed E-state index contributed by atoms with van der Waals surface area (Å²) in [6.45, 7) is 0. The van der Waals surface area contributed by atoms with Crippen LogP contribution < -0.4 is 34.7 Å². The maximum absolute atomic E-state index is 11.2. The fraction of sp³-hybridized carbons (Fsp3) is 0. The van der Waals surface area contributed by atoms with Crippen LogP contribution in [0.3, 0.4) is 0 Å². The van der Waals surface area contributed by atoms with Gasteiger partial charge < -0.3 is 15.0 Å². The van der Waals surface area contributed by atoms with Crippen molar-refractivity contribution in [3.05, 3.63) is 59.7 Å². The Kier molecular flexibility index (Phi) is 5.30. The molecular formula is C14H9NaO4. The van der Waals surface area contributed by atoms with Gasteiger partial charge in [-0.05, 0) is 11.6 Å². The monoisotopic (exact) mass is 264 g/mol. The van der Waals surface area contributed by atoms with E-state index in [2.05, 4.69) is 0 Å². The van der Waals surface area contributed by atoms with Gasteiger partial charge in [0.15, 0.2) is 0 Å². The van der Waals surface area contributed by atoms with Crippen molar-refractivity contribution in [2.45, 2.75) is 0 Å². The first-order chi connectivity index (χ1) is 8.61. The van der Waals surface area contributed by atoms with E-state index in [1.54, 1.807) is 30.3 Å². The number of carboxylic acid groups (broad SMARTS) is 2. The zero-order chi connectivity index (χ0) is 13.1. The van der Waals surface area contributed by atoms with Gasteiger partial charge in [-0.2, -0.15) is 0 Å². The van der Waals surface area contributed by atoms with E-state index < -0.39 is 11.9 Å². The first-order valence-electron chi connectivity index (χ1n) is 5.24. The van der Waals surface area contributed by atoms with Gasteiger partial charge in [0, 0.05) is 11.1 Å². The van der Waals surface area contributed by atoms with Crippen LogP contribution in [-0.4, -0.2) is 17.0 Å². The molecule has 2 aromatic rings. The summed E-state index contributed by atoms with van der Waals surface area (Å²) in [5.74, 6) is -2.56. The van der Waals surface area contributed by atoms with Gasteiger partial charge >= 0.3 is 35.5 Å². The van der Waals surface area contributed by atoms with E-state index in [1.807, 2.05) is 0 Å². The maximum atomic E-state index is 11.2. The summed E-state index contributed by atoms with van der Waals surface area (Å²) in [7, 11) is 0. The molecule has 0 saturated carbocycles. The molecule has 90 valence electrons. The Bertz CT molecular complexity index is 576. The predicted molar refractivity (Wildman–Crippen MR) is 63.2 cm³/mol. The maximum Gasteiger partial charge on any atom is 1.00 e. The number of rotatable bonds is 3. The van der Waals surface area contributed by atoms with Crippen LogP contribution in [0.15, 0.2) is 48.5 Å². The third-order valence-electron chi connectivity index (χ3n) is 2.58. The molecule has 0 radical (unpaired) electrons. The molecule has 1 N–H and O–H groups in total. The van der Waals surface area contributed by atoms with Crippen LogP contribution in [0.25, 0.3) is 11.1 Å². The smallest absolute Gasteiger partial charge is 0.545 e. The second-order valence-corrected chi connectivity index (χ2v) is 3.69. The molecule has 0 saturated heterocycles. The molecule has 2 aromatic carbocycles. The van der Waals surface area contributed by atoms with Gasteiger partial charge in [-0.1, -0.05) is 42.5 Å². The average molecular weight is 264 g/mol. The zero-order valence-electron chi connectivity index (χ0n) is 10.3. The van der Waals surface area contributed by atoms with Gasteiger partial charge in [-0.25, -0.2) is 4.79 Å². The van der Waals surface area contributed by atoms with Crippen molar-refractivity contribution in [2.24, 2.45) is 0 Å². The van der Waals surface area contributed by atoms with Crippen LogP contribution in [0.1, 0.15) is 20.7 Å². The van der Waals surface area contributed by atoms with Crippen molar-refractivity contribution in [1.29, 1.82) is 0 Å². The van der Waals surface area contributed by atoms with E-state index in [-0.39, 0.29) is 46.2 Å². The van der Waals surface area contributed by atoms with Crippen molar-refractivity contribution in [1.82, 2.24) is 0 Å². The van der Waals surface area contributed by atoms with Gasteiger partial charge in [0.05, 0.1) is 11.5 Å². The SMILES string of the molecule is O=C([O-])c1cccc(C(=O)O)c1-c1ccccc1.[Na+]. The molecule has 19 heavy (non-hydrogen) atoms. The van der Waals surface area contributed by atoms with E-state index in [0.29, 0.717) is 5.56 Å². The van der Waals surface area contributed by atoms with Crippen LogP contribution in [0.4, 0.5) is 0 Å². The molecule has 0 heterocycles. The molecule has 0 amide bonds. The topological polar surface area (TPSA) is 77.4 Å². The third kappa shape index (κ3) is 3.23. The van der Waals surface area contributed by atoms with E-state index in [1.165, 1.54) is 18.2 Å². The Labute approximate surface area is 132 Å². The Morgan fingerprint density at radius 1 is 0.895 bits per heavy atom. The van der Waals surface area contributed by atoms with Crippen LogP contribution in [-0.2, 0) is 0 Å². The van der Waals surface area contributed by atoms with Crippen molar-refractivity contribution in [3.63, 3.8) is 0 Å². The summed E-state index contributed by atoms with van der Waals surface area (Å²) < 4.78 is 0. The summed E-state index contributed by atoms with van der Waals surface area (Å²) in [6, 6.07) is 12.6. The average Bonchev–Trinajstić information content (AvgIpc) is 2.38. The third-order valence-corrected chi connectivity index (χ3v) is 2.58. The van der Waals surface area contributed by atoms with Crippen LogP contribution in [0.5, 0.6) is 0 Å². The molecule has 4 nitrogen and oxygen atoms in total. The number of carbonyl (C=O) groups is 2. The summed E-state index contributed by atoms with van der Waals surface area (Å²) >= 11 is 0. The fourth-order valence-corrected chi connectivity index (χ4v) is 1.82. The van der Waals surface area contributed by atoms with Gasteiger partial charge in [0.2, 0.25) is 0 Å². The Balaban J connectivity index is 0.00000180. The van der Waals surface area contributed by atoms with Gasteiger partial charge in [0.25, 0.3) is 0 Å². The molecule has 0 aliphatic rings. The minimum atomic E-state index is -1.39. The number of hydrogen-bond acceptors (Lipinski definition) is 3. The summed E-state index contributed by atoms with van der Waals surface area (Å²) in [5.41, 5.74) is 0.532. The van der Waals surface area contributed by atoms with Crippen LogP contribution in [0, 0.1) is 0 Å². The molecule has 0 bridgehead atoms. The molecule has 0 spiro atoms. The van der Waals surface area contributed by atoms with E-state index in [0.717, 1.165) is 0 Å². The first-order valence-corrected chi connectivity index (χ1v) is 5.24. The molecule has 0 fully saturated rings. The number of hydrogen-bond donors (Lipinski definition) is 1. The second-order valence-electron chi connectivity index (χ2n) is 3.69. The Morgan fingerprint density at radius 2 is 1.47 bits per heavy atom. The molecule has 0 unspecified atom stereocenters. The number of carboxylic acids is 2. The normalized spacial score (nSPS) is 9.47. The molecule has 0 atom stereocenters. The van der Waals surface area contributed by atoms with E-state index >= 15 is 0 Å². The standard InChI is InChI=1S/C14H10O4.Na/c15-13(16)10-7-4-8-11(14(17)18)12(10)9-5-2-1-3-6-9;/h1-8H,(H,15,16)(H,17,18);/q;+1/p-1. The summed E-state index contributed by atoms with van der Waals surface area (Å²) in [4.78, 5) is 22.2. The van der Waals surface area contributed by atoms with Crippen molar-refractivity contribution in [2.75, 3.05) is 0 Å². The predicted octanol–water partition coefficient (Wildman–Crippen LogP) is -1.58. The molecule has 0 aliphatic carbocycles. The minimum absolute atomic E-state index is 0. The van der Waals surface area contributed by atoms with Gasteiger partial charge in [-0.15, -0.1) is 0 Å². The quantitative estimate of drug-likeness (QED) is 0.679. The molecule has 2 rings (SSSR count). The second kappa shape index (κ2) is 6.52. The Hall–Kier alpha value is -1.62. The first kappa shape index (κ1) is 15.4. The number of benzene rings is 2. The molecule has 0 aliphatic heterocycles. The number of aromatic carboxylic acids is 2. The number of carbonyl (C=O) groups excluding carboxylic acids is 1. The minimum Gasteiger partial charge on any atom is -0.545 e. The summed E-state index contributed by atoms with van der Waals surface area (Å²) in [6.07, 6.45) is 0. The fourth-order valence-electron chi connectivity index (χ4n) is 1.82.